The Balaban J connectivity index is 1.35. The summed E-state index contributed by atoms with van der Waals surface area (Å²) in [6.07, 6.45) is 8.45. The van der Waals surface area contributed by atoms with Crippen LogP contribution in [0.25, 0.3) is 0 Å². The molecule has 6 fully saturated rings. The highest BCUT2D eigenvalue weighted by atomic mass is 16.6. The predicted molar refractivity (Wildman–Crippen MR) is 131 cm³/mol. The highest BCUT2D eigenvalue weighted by Gasteiger charge is 2.79. The molecule has 3 aliphatic heterocycles. The molecule has 0 amide bonds. The first kappa shape index (κ1) is 23.8. The van der Waals surface area contributed by atoms with E-state index >= 15 is 0 Å². The predicted octanol–water partition coefficient (Wildman–Crippen LogP) is 3.74. The Morgan fingerprint density at radius 1 is 0.946 bits per heavy atom. The van der Waals surface area contributed by atoms with Gasteiger partial charge in [0.1, 0.15) is 23.2 Å². The minimum Gasteiger partial charge on any atom is -0.462 e. The molecule has 7 aliphatic rings. The molecule has 7 nitrogen and oxygen atoms in total. The van der Waals surface area contributed by atoms with Gasteiger partial charge in [-0.05, 0) is 82.8 Å². The summed E-state index contributed by atoms with van der Waals surface area (Å²) in [5.74, 6) is -0.294. The fraction of sp³-hybridized carbons (Fsp3) is 0.733. The molecule has 3 saturated heterocycles. The van der Waals surface area contributed by atoms with Gasteiger partial charge in [-0.2, -0.15) is 0 Å². The maximum absolute atomic E-state index is 13.9. The molecule has 0 aromatic rings. The number of hydrogen-bond donors (Lipinski definition) is 0. The van der Waals surface area contributed by atoms with Crippen LogP contribution in [0.15, 0.2) is 23.8 Å². The van der Waals surface area contributed by atoms with Gasteiger partial charge in [0, 0.05) is 22.8 Å². The van der Waals surface area contributed by atoms with Crippen LogP contribution in [0.4, 0.5) is 0 Å². The smallest absolute Gasteiger partial charge is 0.317 e. The van der Waals surface area contributed by atoms with Crippen LogP contribution in [0.2, 0.25) is 0 Å². The van der Waals surface area contributed by atoms with E-state index in [4.69, 9.17) is 14.2 Å². The zero-order valence-electron chi connectivity index (χ0n) is 22.2. The van der Waals surface area contributed by atoms with Gasteiger partial charge in [0.2, 0.25) is 0 Å². The lowest BCUT2D eigenvalue weighted by Gasteiger charge is -2.54. The Morgan fingerprint density at radius 3 is 2.32 bits per heavy atom. The van der Waals surface area contributed by atoms with E-state index in [0.29, 0.717) is 24.8 Å². The summed E-state index contributed by atoms with van der Waals surface area (Å²) < 4.78 is 18.3. The molecule has 0 N–H and O–H groups in total. The zero-order valence-corrected chi connectivity index (χ0v) is 22.2. The van der Waals surface area contributed by atoms with Crippen molar-refractivity contribution in [3.63, 3.8) is 0 Å². The van der Waals surface area contributed by atoms with E-state index in [1.807, 2.05) is 13.0 Å². The van der Waals surface area contributed by atoms with Gasteiger partial charge in [-0.1, -0.05) is 19.9 Å². The second-order valence-electron chi connectivity index (χ2n) is 13.4. The van der Waals surface area contributed by atoms with Gasteiger partial charge in [-0.25, -0.2) is 0 Å². The van der Waals surface area contributed by atoms with Gasteiger partial charge >= 0.3 is 11.9 Å². The van der Waals surface area contributed by atoms with Crippen molar-refractivity contribution in [2.45, 2.75) is 90.6 Å². The number of rotatable bonds is 3. The summed E-state index contributed by atoms with van der Waals surface area (Å²) in [7, 11) is 0. The van der Waals surface area contributed by atoms with Gasteiger partial charge < -0.3 is 14.2 Å². The Bertz CT molecular complexity index is 1220. The molecule has 0 aromatic heterocycles. The largest absolute Gasteiger partial charge is 0.462 e. The lowest BCUT2D eigenvalue weighted by molar-refractivity contribution is -0.154. The molecule has 12 atom stereocenters. The van der Waals surface area contributed by atoms with Crippen LogP contribution in [0.3, 0.4) is 0 Å². The van der Waals surface area contributed by atoms with Gasteiger partial charge in [-0.15, -0.1) is 0 Å². The Labute approximate surface area is 217 Å². The topological polar surface area (TPSA) is 99.3 Å². The molecule has 0 radical (unpaired) electrons. The number of carbonyl (C=O) groups is 4. The van der Waals surface area contributed by atoms with E-state index < -0.39 is 21.8 Å². The SMILES string of the molecule is CC(=O)/C=C/[C@@]12O[C@@H]1C[C@H]1[C@@H](C[C@@H]2C)OC(=O)[C@@]12C[C@@H]1CC3C4CC(C)C1(C=C2C(C)=O)C3(C)C(=O)O4. The minimum absolute atomic E-state index is 0.0228. The van der Waals surface area contributed by atoms with Crippen LogP contribution in [0, 0.1) is 45.8 Å². The third-order valence-corrected chi connectivity index (χ3v) is 12.1. The van der Waals surface area contributed by atoms with Crippen molar-refractivity contribution in [3.05, 3.63) is 23.8 Å². The molecule has 4 aliphatic carbocycles. The van der Waals surface area contributed by atoms with Gasteiger partial charge in [-0.3, -0.25) is 19.2 Å². The van der Waals surface area contributed by atoms with E-state index in [0.717, 1.165) is 12.8 Å². The number of esters is 2. The normalized spacial score (nSPS) is 54.7. The summed E-state index contributed by atoms with van der Waals surface area (Å²) in [5.41, 5.74) is -2.17. The van der Waals surface area contributed by atoms with Crippen molar-refractivity contribution in [1.29, 1.82) is 0 Å². The lowest BCUT2D eigenvalue weighted by Crippen LogP contribution is -2.56. The quantitative estimate of drug-likeness (QED) is 0.325. The molecule has 3 heterocycles. The molecule has 7 rings (SSSR count). The molecular formula is C30H36O7. The molecule has 2 spiro atoms. The number of Topliss-reactive ketones (excluding diaryl/α,β-unsaturated/α-hetero) is 1. The lowest BCUT2D eigenvalue weighted by atomic mass is 9.46. The molecule has 198 valence electrons. The van der Waals surface area contributed by atoms with Crippen LogP contribution >= 0.6 is 0 Å². The number of hydrogen-bond acceptors (Lipinski definition) is 7. The summed E-state index contributed by atoms with van der Waals surface area (Å²) in [6, 6.07) is 0. The van der Waals surface area contributed by atoms with Crippen molar-refractivity contribution in [2.24, 2.45) is 45.8 Å². The van der Waals surface area contributed by atoms with Crippen molar-refractivity contribution in [2.75, 3.05) is 0 Å². The average molecular weight is 509 g/mol. The number of allylic oxidation sites excluding steroid dienone is 2. The van der Waals surface area contributed by atoms with E-state index in [1.165, 1.54) is 6.92 Å². The zero-order chi connectivity index (χ0) is 26.3. The summed E-state index contributed by atoms with van der Waals surface area (Å²) >= 11 is 0. The Hall–Kier alpha value is -2.28. The van der Waals surface area contributed by atoms with Crippen LogP contribution < -0.4 is 0 Å². The molecular weight excluding hydrogens is 472 g/mol. The highest BCUT2D eigenvalue weighted by Crippen LogP contribution is 2.77. The maximum Gasteiger partial charge on any atom is 0.317 e. The van der Waals surface area contributed by atoms with Crippen molar-refractivity contribution < 1.29 is 33.4 Å². The number of fused-ring (bicyclic) bond motifs is 3. The standard InChI is InChI=1S/C30H36O7/c1-14-8-22-19-10-18-12-28(21(17(4)32)13-29(14,18)27(19,5)25(33)35-22)20-11-24-30(37-24,7-6-16(3)31)15(2)9-23(20)36-26(28)34/h6-7,13-15,18-20,22-24H,8-12H2,1-5H3/b7-6+/t14?,15-,18-,19?,20-,22?,23+,24+,27?,28-,29?,30-/m0/s1. The molecule has 0 aromatic carbocycles. The summed E-state index contributed by atoms with van der Waals surface area (Å²) in [6.45, 7) is 9.40. The van der Waals surface area contributed by atoms with Crippen molar-refractivity contribution >= 4 is 23.5 Å². The molecule has 5 unspecified atom stereocenters. The second-order valence-corrected chi connectivity index (χ2v) is 13.4. The monoisotopic (exact) mass is 508 g/mol. The van der Waals surface area contributed by atoms with Crippen LogP contribution in [0.1, 0.15) is 66.7 Å². The Kier molecular flexibility index (Phi) is 4.52. The van der Waals surface area contributed by atoms with Crippen LogP contribution in [0.5, 0.6) is 0 Å². The van der Waals surface area contributed by atoms with E-state index in [-0.39, 0.29) is 71.4 Å². The number of epoxide rings is 1. The Morgan fingerprint density at radius 2 is 1.62 bits per heavy atom. The molecule has 3 saturated carbocycles. The molecule has 4 bridgehead atoms. The van der Waals surface area contributed by atoms with Crippen LogP contribution in [-0.2, 0) is 33.4 Å². The average Bonchev–Trinajstić information content (AvgIpc) is 3.39. The summed E-state index contributed by atoms with van der Waals surface area (Å²) in [5, 5.41) is 0. The summed E-state index contributed by atoms with van der Waals surface area (Å²) in [4.78, 5) is 52.3. The third-order valence-electron chi connectivity index (χ3n) is 12.1. The van der Waals surface area contributed by atoms with E-state index in [1.54, 1.807) is 13.0 Å². The second kappa shape index (κ2) is 7.02. The van der Waals surface area contributed by atoms with Gasteiger partial charge in [0.25, 0.3) is 0 Å². The highest BCUT2D eigenvalue weighted by molar-refractivity contribution is 6.03. The first-order valence-electron chi connectivity index (χ1n) is 14.0. The van der Waals surface area contributed by atoms with Gasteiger partial charge in [0.05, 0.1) is 11.5 Å². The molecule has 7 heteroatoms. The molecule has 37 heavy (non-hydrogen) atoms. The third kappa shape index (κ3) is 2.53. The van der Waals surface area contributed by atoms with Gasteiger partial charge in [0.15, 0.2) is 11.6 Å². The van der Waals surface area contributed by atoms with Crippen molar-refractivity contribution in [1.82, 2.24) is 0 Å². The first-order chi connectivity index (χ1) is 17.4. The number of ether oxygens (including phenoxy) is 3. The van der Waals surface area contributed by atoms with E-state index in [9.17, 15) is 19.2 Å². The fourth-order valence-electron chi connectivity index (χ4n) is 10.4. The minimum atomic E-state index is -1.02. The van der Waals surface area contributed by atoms with Crippen molar-refractivity contribution in [3.8, 4) is 0 Å². The fourth-order valence-corrected chi connectivity index (χ4v) is 10.4. The number of carbonyl (C=O) groups excluding carboxylic acids is 4. The van der Waals surface area contributed by atoms with E-state index in [2.05, 4.69) is 19.9 Å². The van der Waals surface area contributed by atoms with Crippen LogP contribution in [-0.4, -0.2) is 47.4 Å². The maximum atomic E-state index is 13.9. The first-order valence-corrected chi connectivity index (χ1v) is 14.0. The number of ketones is 2.